The Morgan fingerprint density at radius 3 is 1.62 bits per heavy atom. The molecular weight excluding hydrogens is 525 g/mol. The Morgan fingerprint density at radius 2 is 1.14 bits per heavy atom. The largest absolute Gasteiger partial charge is 0.343 e. The molecule has 0 bridgehead atoms. The van der Waals surface area contributed by atoms with Crippen molar-refractivity contribution < 1.29 is 13.9 Å². The quantitative estimate of drug-likeness (QED) is 0.211. The van der Waals surface area contributed by atoms with Gasteiger partial charge in [0.1, 0.15) is 24.1 Å². The molecule has 1 aliphatic rings. The lowest BCUT2D eigenvalue weighted by atomic mass is 9.91. The molecule has 42 heavy (non-hydrogen) atoms. The average molecular weight is 564 g/mol. The second-order valence-electron chi connectivity index (χ2n) is 11.3. The predicted octanol–water partition coefficient (Wildman–Crippen LogP) is 6.32. The lowest BCUT2D eigenvalue weighted by Crippen LogP contribution is -2.53. The second-order valence-corrected chi connectivity index (χ2v) is 11.3. The third kappa shape index (κ3) is 7.90. The number of nitrogens with one attached hydrogen (secondary N) is 2. The molecule has 5 rings (SSSR count). The highest BCUT2D eigenvalue weighted by atomic mass is 19.1. The van der Waals surface area contributed by atoms with E-state index in [2.05, 4.69) is 71.3 Å². The zero-order chi connectivity index (χ0) is 29.4. The van der Waals surface area contributed by atoms with E-state index in [1.54, 1.807) is 12.1 Å². The molecule has 0 spiro atoms. The van der Waals surface area contributed by atoms with Crippen molar-refractivity contribution in [1.82, 2.24) is 10.6 Å². The summed E-state index contributed by atoms with van der Waals surface area (Å²) in [7, 11) is 0. The van der Waals surface area contributed by atoms with Gasteiger partial charge in [0.25, 0.3) is 0 Å². The van der Waals surface area contributed by atoms with E-state index in [1.165, 1.54) is 22.8 Å². The van der Waals surface area contributed by atoms with E-state index in [0.29, 0.717) is 19.5 Å². The fraction of sp³-hybridized carbons (Fsp3) is 0.306. The number of rotatable bonds is 12. The molecule has 216 valence electrons. The highest BCUT2D eigenvalue weighted by Crippen LogP contribution is 2.34. The van der Waals surface area contributed by atoms with Gasteiger partial charge >= 0.3 is 0 Å². The normalized spacial score (nSPS) is 19.2. The smallest absolute Gasteiger partial charge is 0.163 e. The minimum atomic E-state index is -0.779. The fourth-order valence-corrected chi connectivity index (χ4v) is 5.65. The highest BCUT2D eigenvalue weighted by Gasteiger charge is 2.48. The van der Waals surface area contributed by atoms with Gasteiger partial charge < -0.3 is 20.1 Å². The molecule has 0 radical (unpaired) electrons. The molecule has 0 amide bonds. The third-order valence-electron chi connectivity index (χ3n) is 7.68. The monoisotopic (exact) mass is 563 g/mol. The summed E-state index contributed by atoms with van der Waals surface area (Å²) in [5.74, 6) is -1.29. The topological polar surface area (TPSA) is 66.3 Å². The number of hydrogen-bond acceptors (Lipinski definition) is 5. The lowest BCUT2D eigenvalue weighted by molar-refractivity contribution is -0.150. The van der Waals surface area contributed by atoms with Gasteiger partial charge in [-0.1, -0.05) is 97.1 Å². The molecule has 1 saturated heterocycles. The first-order valence-electron chi connectivity index (χ1n) is 14.5. The number of hydrogen-bond donors (Lipinski definition) is 2. The van der Waals surface area contributed by atoms with Crippen LogP contribution in [0.1, 0.15) is 41.7 Å². The summed E-state index contributed by atoms with van der Waals surface area (Å²) in [4.78, 5) is 0. The maximum absolute atomic E-state index is 14.0. The molecule has 1 aliphatic heterocycles. The Morgan fingerprint density at radius 1 is 0.690 bits per heavy atom. The molecule has 4 aromatic rings. The molecule has 0 saturated carbocycles. The van der Waals surface area contributed by atoms with Gasteiger partial charge in [-0.2, -0.15) is 5.26 Å². The van der Waals surface area contributed by atoms with Crippen LogP contribution in [0.2, 0.25) is 0 Å². The average Bonchev–Trinajstić information content (AvgIpc) is 3.34. The maximum Gasteiger partial charge on any atom is 0.163 e. The fourth-order valence-electron chi connectivity index (χ4n) is 5.65. The molecule has 0 aromatic heterocycles. The van der Waals surface area contributed by atoms with Crippen molar-refractivity contribution in [1.29, 1.82) is 5.26 Å². The van der Waals surface area contributed by atoms with Crippen LogP contribution in [0.25, 0.3) is 0 Å². The Hall–Kier alpha value is -3.86. The number of ether oxygens (including phenoxy) is 2. The zero-order valence-electron chi connectivity index (χ0n) is 24.2. The van der Waals surface area contributed by atoms with Crippen molar-refractivity contribution in [2.24, 2.45) is 0 Å². The molecule has 4 atom stereocenters. The van der Waals surface area contributed by atoms with Crippen LogP contribution in [0, 0.1) is 17.1 Å². The van der Waals surface area contributed by atoms with E-state index in [1.807, 2.05) is 50.2 Å². The van der Waals surface area contributed by atoms with Crippen LogP contribution < -0.4 is 10.6 Å². The van der Waals surface area contributed by atoms with Gasteiger partial charge in [0.05, 0.1) is 5.56 Å². The Bertz CT molecular complexity index is 1460. The van der Waals surface area contributed by atoms with E-state index in [4.69, 9.17) is 9.47 Å². The van der Waals surface area contributed by atoms with Gasteiger partial charge in [-0.3, -0.25) is 0 Å². The Kier molecular flexibility index (Phi) is 9.78. The van der Waals surface area contributed by atoms with Crippen molar-refractivity contribution >= 4 is 0 Å². The summed E-state index contributed by atoms with van der Waals surface area (Å²) < 4.78 is 27.4. The van der Waals surface area contributed by atoms with Gasteiger partial charge in [-0.05, 0) is 61.1 Å². The van der Waals surface area contributed by atoms with Gasteiger partial charge in [0.15, 0.2) is 5.79 Å². The van der Waals surface area contributed by atoms with Gasteiger partial charge in [0, 0.05) is 25.2 Å². The van der Waals surface area contributed by atoms with Crippen LogP contribution in [0.3, 0.4) is 0 Å². The first kappa shape index (κ1) is 29.6. The van der Waals surface area contributed by atoms with E-state index in [0.717, 1.165) is 12.0 Å². The molecule has 2 N–H and O–H groups in total. The van der Waals surface area contributed by atoms with Crippen molar-refractivity contribution in [3.63, 3.8) is 0 Å². The predicted molar refractivity (Wildman–Crippen MR) is 163 cm³/mol. The molecule has 1 heterocycles. The first-order valence-corrected chi connectivity index (χ1v) is 14.5. The van der Waals surface area contributed by atoms with E-state index in [9.17, 15) is 9.65 Å². The van der Waals surface area contributed by atoms with E-state index in [-0.39, 0.29) is 29.9 Å². The van der Waals surface area contributed by atoms with Crippen molar-refractivity contribution in [2.45, 2.75) is 69.9 Å². The standard InChI is InChI=1S/C36H38FN3O2/c1-36(2)41-34(32(21-26-12-6-3-7-13-26)39-24-28-16-10-5-11-17-28)35(42-36)33(22-27-14-8-4-9-15-27)40-25-29-18-19-31(37)30(20-29)23-38/h3-20,32-35,39-40H,21-22,24-25H2,1-2H3. The minimum Gasteiger partial charge on any atom is -0.343 e. The zero-order valence-corrected chi connectivity index (χ0v) is 24.2. The first-order chi connectivity index (χ1) is 20.4. The van der Waals surface area contributed by atoms with E-state index < -0.39 is 11.6 Å². The Balaban J connectivity index is 1.44. The number of nitrogens with zero attached hydrogens (tertiary/aromatic N) is 1. The molecule has 4 unspecified atom stereocenters. The third-order valence-corrected chi connectivity index (χ3v) is 7.68. The molecular formula is C36H38FN3O2. The second kappa shape index (κ2) is 13.9. The highest BCUT2D eigenvalue weighted by molar-refractivity contribution is 5.34. The van der Waals surface area contributed by atoms with Gasteiger partial charge in [-0.25, -0.2) is 4.39 Å². The van der Waals surface area contributed by atoms with Crippen LogP contribution in [0.5, 0.6) is 0 Å². The van der Waals surface area contributed by atoms with Crippen molar-refractivity contribution in [3.05, 3.63) is 143 Å². The molecule has 5 nitrogen and oxygen atoms in total. The van der Waals surface area contributed by atoms with Crippen molar-refractivity contribution in [3.8, 4) is 6.07 Å². The summed E-state index contributed by atoms with van der Waals surface area (Å²) in [5, 5.41) is 16.8. The van der Waals surface area contributed by atoms with Crippen LogP contribution in [-0.4, -0.2) is 30.1 Å². The summed E-state index contributed by atoms with van der Waals surface area (Å²) in [5.41, 5.74) is 4.48. The maximum atomic E-state index is 14.0. The Labute approximate surface area is 248 Å². The summed E-state index contributed by atoms with van der Waals surface area (Å²) in [6, 6.07) is 37.6. The molecule has 4 aromatic carbocycles. The minimum absolute atomic E-state index is 0.0320. The summed E-state index contributed by atoms with van der Waals surface area (Å²) in [6.07, 6.45) is 0.946. The van der Waals surface area contributed by atoms with Crippen LogP contribution >= 0.6 is 0 Å². The number of halogens is 1. The van der Waals surface area contributed by atoms with Crippen LogP contribution in [-0.2, 0) is 35.4 Å². The summed E-state index contributed by atoms with van der Waals surface area (Å²) in [6.45, 7) is 5.10. The number of benzene rings is 4. The molecule has 1 fully saturated rings. The van der Waals surface area contributed by atoms with Crippen LogP contribution in [0.4, 0.5) is 4.39 Å². The van der Waals surface area contributed by atoms with Gasteiger partial charge in [0.2, 0.25) is 0 Å². The molecule has 0 aliphatic carbocycles. The number of nitriles is 1. The van der Waals surface area contributed by atoms with E-state index >= 15 is 0 Å². The van der Waals surface area contributed by atoms with Crippen molar-refractivity contribution in [2.75, 3.05) is 0 Å². The lowest BCUT2D eigenvalue weighted by Gasteiger charge is -2.33. The molecule has 6 heteroatoms. The van der Waals surface area contributed by atoms with Crippen LogP contribution in [0.15, 0.2) is 109 Å². The van der Waals surface area contributed by atoms with Gasteiger partial charge in [-0.15, -0.1) is 0 Å². The SMILES string of the molecule is CC1(C)OC(C(Cc2ccccc2)NCc2ccccc2)C(C(Cc2ccccc2)NCc2ccc(F)c(C#N)c2)O1. The summed E-state index contributed by atoms with van der Waals surface area (Å²) >= 11 is 0.